The van der Waals surface area contributed by atoms with Crippen molar-refractivity contribution in [3.8, 4) is 17.4 Å². The number of ether oxygens (including phenoxy) is 4. The minimum absolute atomic E-state index is 0.0283. The second kappa shape index (κ2) is 19.1. The second-order valence-electron chi connectivity index (χ2n) is 13.5. The van der Waals surface area contributed by atoms with Crippen LogP contribution in [0.5, 0.6) is 17.4 Å². The van der Waals surface area contributed by atoms with Gasteiger partial charge in [0.2, 0.25) is 11.5 Å². The summed E-state index contributed by atoms with van der Waals surface area (Å²) in [6.45, 7) is 9.04. The number of pyridine rings is 1. The number of piperidine rings is 1. The number of carbonyl (C=O) groups is 2. The number of hydrogen-bond acceptors (Lipinski definition) is 9. The van der Waals surface area contributed by atoms with Crippen molar-refractivity contribution < 1.29 is 54.9 Å². The van der Waals surface area contributed by atoms with Gasteiger partial charge in [0.15, 0.2) is 0 Å². The van der Waals surface area contributed by atoms with Crippen molar-refractivity contribution in [3.63, 3.8) is 0 Å². The number of nitrogens with zero attached hydrogens (tertiary/aromatic N) is 4. The van der Waals surface area contributed by atoms with Gasteiger partial charge < -0.3 is 33.6 Å². The van der Waals surface area contributed by atoms with Gasteiger partial charge in [0.25, 0.3) is 11.8 Å². The molecule has 2 saturated heterocycles. The highest BCUT2D eigenvalue weighted by Gasteiger charge is 2.56. The van der Waals surface area contributed by atoms with Crippen LogP contribution in [-0.4, -0.2) is 97.9 Å². The van der Waals surface area contributed by atoms with E-state index in [1.54, 1.807) is 13.2 Å². The first-order chi connectivity index (χ1) is 27.2. The van der Waals surface area contributed by atoms with Gasteiger partial charge in [-0.15, -0.1) is 24.5 Å². The van der Waals surface area contributed by atoms with Crippen LogP contribution in [0.4, 0.5) is 32.0 Å². The lowest BCUT2D eigenvalue weighted by molar-refractivity contribution is -0.159. The van der Waals surface area contributed by atoms with Crippen molar-refractivity contribution in [3.05, 3.63) is 89.3 Å². The molecule has 0 unspecified atom stereocenters. The van der Waals surface area contributed by atoms with Gasteiger partial charge in [-0.05, 0) is 50.3 Å². The van der Waals surface area contributed by atoms with E-state index in [0.29, 0.717) is 68.7 Å². The molecule has 310 valence electrons. The van der Waals surface area contributed by atoms with E-state index in [1.165, 1.54) is 11.0 Å². The van der Waals surface area contributed by atoms with Crippen LogP contribution in [0.2, 0.25) is 0 Å². The van der Waals surface area contributed by atoms with Crippen LogP contribution >= 0.6 is 11.3 Å². The van der Waals surface area contributed by atoms with Crippen molar-refractivity contribution in [1.82, 2.24) is 14.8 Å². The molecule has 0 aliphatic carbocycles. The summed E-state index contributed by atoms with van der Waals surface area (Å²) in [6, 6.07) is 7.58. The zero-order chi connectivity index (χ0) is 41.2. The molecule has 2 amide bonds. The summed E-state index contributed by atoms with van der Waals surface area (Å²) >= 11 is 0.378. The van der Waals surface area contributed by atoms with Crippen LogP contribution in [0.1, 0.15) is 59.3 Å². The number of anilines is 1. The van der Waals surface area contributed by atoms with Gasteiger partial charge in [-0.25, -0.2) is 4.98 Å². The molecular formula is C40H46F6N4O6S. The molecule has 0 bridgehead atoms. The minimum atomic E-state index is -4.99. The number of rotatable bonds is 17. The Balaban J connectivity index is 1.51. The van der Waals surface area contributed by atoms with Crippen LogP contribution in [-0.2, 0) is 21.9 Å². The van der Waals surface area contributed by atoms with Crippen molar-refractivity contribution in [2.75, 3.05) is 64.6 Å². The lowest BCUT2D eigenvalue weighted by Crippen LogP contribution is -2.69. The number of likely N-dealkylation sites (tertiary alicyclic amines) is 1. The van der Waals surface area contributed by atoms with Crippen LogP contribution in [0.25, 0.3) is 0 Å². The Morgan fingerprint density at radius 2 is 1.70 bits per heavy atom. The smallest absolute Gasteiger partial charge is 0.425 e. The predicted octanol–water partition coefficient (Wildman–Crippen LogP) is 8.29. The molecule has 17 heteroatoms. The van der Waals surface area contributed by atoms with E-state index in [4.69, 9.17) is 18.9 Å². The number of benzene rings is 1. The third kappa shape index (κ3) is 10.2. The normalized spacial score (nSPS) is 18.9. The molecular weight excluding hydrogens is 779 g/mol. The number of thiophene rings is 1. The van der Waals surface area contributed by atoms with E-state index in [-0.39, 0.29) is 51.3 Å². The van der Waals surface area contributed by atoms with Gasteiger partial charge in [0, 0.05) is 63.9 Å². The maximum Gasteiger partial charge on any atom is 0.425 e. The molecule has 2 aliphatic rings. The van der Waals surface area contributed by atoms with Gasteiger partial charge in [-0.2, -0.15) is 26.3 Å². The molecule has 2 atom stereocenters. The summed E-state index contributed by atoms with van der Waals surface area (Å²) in [4.78, 5) is 37.3. The first-order valence-electron chi connectivity index (χ1n) is 18.6. The Kier molecular flexibility index (Phi) is 14.5. The van der Waals surface area contributed by atoms with Crippen molar-refractivity contribution in [1.29, 1.82) is 0 Å². The van der Waals surface area contributed by atoms with Crippen molar-refractivity contribution in [2.45, 2.75) is 62.5 Å². The molecule has 57 heavy (non-hydrogen) atoms. The maximum atomic E-state index is 15.0. The summed E-state index contributed by atoms with van der Waals surface area (Å²) in [5.41, 5.74) is -3.33. The Bertz CT molecular complexity index is 1850. The van der Waals surface area contributed by atoms with E-state index in [1.807, 2.05) is 29.2 Å². The Hall–Kier alpha value is -4.77. The van der Waals surface area contributed by atoms with Crippen LogP contribution < -0.4 is 19.1 Å². The van der Waals surface area contributed by atoms with Gasteiger partial charge >= 0.3 is 12.4 Å². The highest BCUT2D eigenvalue weighted by atomic mass is 32.1. The third-order valence-corrected chi connectivity index (χ3v) is 10.8. The van der Waals surface area contributed by atoms with Gasteiger partial charge in [0.05, 0.1) is 30.5 Å². The predicted molar refractivity (Wildman–Crippen MR) is 203 cm³/mol. The lowest BCUT2D eigenvalue weighted by Gasteiger charge is -2.50. The molecule has 3 aromatic rings. The first-order valence-corrected chi connectivity index (χ1v) is 19.4. The molecule has 2 aliphatic heterocycles. The van der Waals surface area contributed by atoms with Crippen LogP contribution in [0, 0.1) is 0 Å². The number of aromatic nitrogens is 1. The monoisotopic (exact) mass is 824 g/mol. The summed E-state index contributed by atoms with van der Waals surface area (Å²) in [5, 5.41) is 1.13. The van der Waals surface area contributed by atoms with Crippen LogP contribution in [0.3, 0.4) is 0 Å². The number of hydrogen-bond donors (Lipinski definition) is 0. The molecule has 2 fully saturated rings. The summed E-state index contributed by atoms with van der Waals surface area (Å²) < 4.78 is 108. The van der Waals surface area contributed by atoms with E-state index in [9.17, 15) is 31.1 Å². The zero-order valence-electron chi connectivity index (χ0n) is 31.6. The summed E-state index contributed by atoms with van der Waals surface area (Å²) in [6.07, 6.45) is -4.05. The van der Waals surface area contributed by atoms with E-state index in [0.717, 1.165) is 28.2 Å². The molecule has 0 spiro atoms. The standard InChI is InChI=1S/C40H46F6N4O6S/c1-4-6-7-10-23-55-35-34(29(15-17-47-35)39(41,42)43)36(51)50-18-11-16-38(32(50)12-5-2,56-28-26-33(57-27-28)40(44,45)46)37(52)49-21-19-48(20-22-49)30-13-8-9-14-31(30)54-25-24-53-3/h4-5,8-9,13-15,17,26-27,32H,1-2,6-7,10-12,16,18-25H2,3H3/t32-,38+/m1/s1. The first kappa shape index (κ1) is 43.4. The molecule has 10 nitrogen and oxygen atoms in total. The highest BCUT2D eigenvalue weighted by Crippen LogP contribution is 2.43. The zero-order valence-corrected chi connectivity index (χ0v) is 32.4. The number of piperazine rings is 1. The third-order valence-electron chi connectivity index (χ3n) is 9.82. The fourth-order valence-electron chi connectivity index (χ4n) is 7.14. The topological polar surface area (TPSA) is 93.7 Å². The molecule has 0 radical (unpaired) electrons. The van der Waals surface area contributed by atoms with Crippen LogP contribution in [0.15, 0.2) is 73.3 Å². The van der Waals surface area contributed by atoms with Gasteiger partial charge in [-0.3, -0.25) is 9.59 Å². The molecule has 4 heterocycles. The number of carbonyl (C=O) groups excluding carboxylic acids is 2. The Labute approximate surface area is 331 Å². The second-order valence-corrected chi connectivity index (χ2v) is 14.4. The average Bonchev–Trinajstić information content (AvgIpc) is 3.67. The van der Waals surface area contributed by atoms with Gasteiger partial charge in [0.1, 0.15) is 28.5 Å². The number of halogens is 6. The molecule has 5 rings (SSSR count). The molecule has 1 aromatic carbocycles. The fraction of sp³-hybridized carbons (Fsp3) is 0.475. The number of amides is 2. The SMILES string of the molecule is C=CCCCCOc1nccc(C(F)(F)F)c1C(=O)N1CCC[C@@](Oc2csc(C(F)(F)F)c2)(C(=O)N2CCN(c3ccccc3OCCOC)CC2)[C@H]1CC=C. The quantitative estimate of drug-likeness (QED) is 0.0764. The summed E-state index contributed by atoms with van der Waals surface area (Å²) in [5.74, 6) is -1.89. The Morgan fingerprint density at radius 1 is 0.947 bits per heavy atom. The number of allylic oxidation sites excluding steroid dienone is 1. The number of methoxy groups -OCH3 is 1. The fourth-order valence-corrected chi connectivity index (χ4v) is 7.82. The maximum absolute atomic E-state index is 15.0. The molecule has 2 aromatic heterocycles. The lowest BCUT2D eigenvalue weighted by atomic mass is 9.80. The number of para-hydroxylation sites is 2. The highest BCUT2D eigenvalue weighted by molar-refractivity contribution is 7.10. The largest absolute Gasteiger partial charge is 0.489 e. The van der Waals surface area contributed by atoms with Gasteiger partial charge in [-0.1, -0.05) is 24.3 Å². The number of unbranched alkanes of at least 4 members (excludes halogenated alkanes) is 2. The molecule has 0 saturated carbocycles. The van der Waals surface area contributed by atoms with E-state index >= 15 is 4.79 Å². The van der Waals surface area contributed by atoms with Crippen molar-refractivity contribution >= 4 is 28.8 Å². The van der Waals surface area contributed by atoms with E-state index < -0.39 is 57.7 Å². The number of alkyl halides is 6. The average molecular weight is 825 g/mol. The van der Waals surface area contributed by atoms with E-state index in [2.05, 4.69) is 18.1 Å². The minimum Gasteiger partial charge on any atom is -0.489 e. The Morgan fingerprint density at radius 3 is 2.37 bits per heavy atom. The molecule has 0 N–H and O–H groups in total. The summed E-state index contributed by atoms with van der Waals surface area (Å²) in [7, 11) is 1.56. The van der Waals surface area contributed by atoms with Crippen molar-refractivity contribution in [2.24, 2.45) is 0 Å².